The number of para-hydroxylation sites is 1. The molecule has 0 aliphatic heterocycles. The summed E-state index contributed by atoms with van der Waals surface area (Å²) in [5, 5.41) is 0.0477. The van der Waals surface area contributed by atoms with Crippen molar-refractivity contribution >= 4 is 38.3 Å². The Morgan fingerprint density at radius 1 is 1.37 bits per heavy atom. The van der Waals surface area contributed by atoms with Crippen LogP contribution in [-0.2, 0) is 16.6 Å². The summed E-state index contributed by atoms with van der Waals surface area (Å²) in [6.45, 7) is 4.42. The molecule has 2 aromatic rings. The molecule has 2 rings (SSSR count). The molecule has 0 unspecified atom stereocenters. The summed E-state index contributed by atoms with van der Waals surface area (Å²) >= 11 is 2.09. The van der Waals surface area contributed by atoms with Gasteiger partial charge in [-0.25, -0.2) is 4.98 Å². The maximum atomic E-state index is 12.2. The molecule has 5 nitrogen and oxygen atoms in total. The van der Waals surface area contributed by atoms with Crippen molar-refractivity contribution < 1.29 is 8.42 Å². The smallest absolute Gasteiger partial charge is 0.280 e. The molecule has 1 heterocycles. The van der Waals surface area contributed by atoms with Crippen molar-refractivity contribution in [2.45, 2.75) is 25.4 Å². The molecule has 0 atom stereocenters. The van der Waals surface area contributed by atoms with E-state index < -0.39 is 10.0 Å². The number of anilines is 1. The van der Waals surface area contributed by atoms with E-state index in [-0.39, 0.29) is 5.03 Å². The van der Waals surface area contributed by atoms with Gasteiger partial charge in [0.2, 0.25) is 0 Å². The van der Waals surface area contributed by atoms with Crippen LogP contribution >= 0.6 is 22.6 Å². The molecular formula is C12H14IN3O2S. The lowest BCUT2D eigenvalue weighted by atomic mass is 10.3. The van der Waals surface area contributed by atoms with Gasteiger partial charge >= 0.3 is 0 Å². The van der Waals surface area contributed by atoms with Crippen molar-refractivity contribution in [3.63, 3.8) is 0 Å². The molecule has 0 radical (unpaired) electrons. The summed E-state index contributed by atoms with van der Waals surface area (Å²) in [4.78, 5) is 4.09. The Labute approximate surface area is 126 Å². The molecule has 102 valence electrons. The van der Waals surface area contributed by atoms with Gasteiger partial charge in [0, 0.05) is 16.3 Å². The Bertz CT molecular complexity index is 695. The average molecular weight is 391 g/mol. The van der Waals surface area contributed by atoms with Gasteiger partial charge in [-0.3, -0.25) is 4.72 Å². The van der Waals surface area contributed by atoms with Crippen molar-refractivity contribution in [1.29, 1.82) is 0 Å². The number of nitrogens with zero attached hydrogens (tertiary/aromatic N) is 2. The number of halogens is 1. The Kier molecular flexibility index (Phi) is 4.14. The molecule has 0 aliphatic rings. The first-order valence-corrected chi connectivity index (χ1v) is 8.31. The second-order valence-corrected chi connectivity index (χ2v) is 6.79. The maximum Gasteiger partial charge on any atom is 0.280 e. The zero-order chi connectivity index (χ0) is 14.0. The molecule has 1 N–H and O–H groups in total. The Hall–Kier alpha value is -1.09. The van der Waals surface area contributed by atoms with Gasteiger partial charge in [-0.05, 0) is 48.6 Å². The minimum Gasteiger partial charge on any atom is -0.334 e. The zero-order valence-corrected chi connectivity index (χ0v) is 13.6. The standard InChI is InChI=1S/C12H14IN3O2S/c1-3-16-8-12(14-9(16)2)19(17,18)15-11-7-5-4-6-10(11)13/h4-8,15H,3H2,1-2H3. The first-order chi connectivity index (χ1) is 8.94. The van der Waals surface area contributed by atoms with E-state index in [1.54, 1.807) is 29.8 Å². The minimum absolute atomic E-state index is 0.0477. The van der Waals surface area contributed by atoms with Crippen LogP contribution in [0.15, 0.2) is 35.5 Å². The molecule has 1 aromatic heterocycles. The van der Waals surface area contributed by atoms with Gasteiger partial charge in [0.05, 0.1) is 5.69 Å². The Morgan fingerprint density at radius 2 is 2.05 bits per heavy atom. The first kappa shape index (κ1) is 14.3. The SMILES string of the molecule is CCn1cc(S(=O)(=O)Nc2ccccc2I)nc1C. The fourth-order valence-corrected chi connectivity index (χ4v) is 3.47. The van der Waals surface area contributed by atoms with Crippen molar-refractivity contribution in [1.82, 2.24) is 9.55 Å². The van der Waals surface area contributed by atoms with Crippen molar-refractivity contribution in [3.8, 4) is 0 Å². The van der Waals surface area contributed by atoms with Crippen LogP contribution in [0.2, 0.25) is 0 Å². The van der Waals surface area contributed by atoms with Gasteiger partial charge in [0.15, 0.2) is 5.03 Å². The van der Waals surface area contributed by atoms with Crippen LogP contribution in [0, 0.1) is 10.5 Å². The zero-order valence-electron chi connectivity index (χ0n) is 10.6. The second kappa shape index (κ2) is 5.49. The van der Waals surface area contributed by atoms with Crippen LogP contribution < -0.4 is 4.72 Å². The highest BCUT2D eigenvalue weighted by Gasteiger charge is 2.19. The topological polar surface area (TPSA) is 64.0 Å². The van der Waals surface area contributed by atoms with Crippen LogP contribution in [0.4, 0.5) is 5.69 Å². The van der Waals surface area contributed by atoms with Gasteiger partial charge < -0.3 is 4.57 Å². The van der Waals surface area contributed by atoms with E-state index in [9.17, 15) is 8.42 Å². The summed E-state index contributed by atoms with van der Waals surface area (Å²) in [6.07, 6.45) is 1.55. The maximum absolute atomic E-state index is 12.2. The molecule has 0 aliphatic carbocycles. The number of rotatable bonds is 4. The molecule has 0 saturated carbocycles. The molecule has 0 fully saturated rings. The minimum atomic E-state index is -3.63. The van der Waals surface area contributed by atoms with E-state index in [2.05, 4.69) is 32.3 Å². The first-order valence-electron chi connectivity index (χ1n) is 5.75. The molecule has 7 heteroatoms. The quantitative estimate of drug-likeness (QED) is 0.816. The Morgan fingerprint density at radius 3 is 2.63 bits per heavy atom. The van der Waals surface area contributed by atoms with E-state index in [0.717, 1.165) is 3.57 Å². The monoisotopic (exact) mass is 391 g/mol. The molecule has 0 amide bonds. The van der Waals surface area contributed by atoms with Crippen LogP contribution in [0.3, 0.4) is 0 Å². The predicted octanol–water partition coefficient (Wildman–Crippen LogP) is 2.62. The number of sulfonamides is 1. The van der Waals surface area contributed by atoms with Gasteiger partial charge in [-0.1, -0.05) is 12.1 Å². The largest absolute Gasteiger partial charge is 0.334 e. The van der Waals surface area contributed by atoms with Crippen LogP contribution in [0.5, 0.6) is 0 Å². The lowest BCUT2D eigenvalue weighted by Crippen LogP contribution is -2.14. The van der Waals surface area contributed by atoms with Gasteiger partial charge in [0.1, 0.15) is 5.82 Å². The summed E-state index contributed by atoms with van der Waals surface area (Å²) in [5.41, 5.74) is 0.562. The second-order valence-electron chi connectivity index (χ2n) is 4.00. The summed E-state index contributed by atoms with van der Waals surface area (Å²) < 4.78 is 29.7. The Balaban J connectivity index is 2.35. The van der Waals surface area contributed by atoms with E-state index in [1.807, 2.05) is 19.1 Å². The van der Waals surface area contributed by atoms with Gasteiger partial charge in [-0.2, -0.15) is 8.42 Å². The fraction of sp³-hybridized carbons (Fsp3) is 0.250. The van der Waals surface area contributed by atoms with Crippen LogP contribution in [0.1, 0.15) is 12.7 Å². The van der Waals surface area contributed by atoms with Crippen molar-refractivity contribution in [2.75, 3.05) is 4.72 Å². The number of aryl methyl sites for hydroxylation is 2. The highest BCUT2D eigenvalue weighted by molar-refractivity contribution is 14.1. The predicted molar refractivity (Wildman–Crippen MR) is 82.6 cm³/mol. The number of aromatic nitrogens is 2. The number of nitrogens with one attached hydrogen (secondary N) is 1. The molecular weight excluding hydrogens is 377 g/mol. The normalized spacial score (nSPS) is 11.5. The number of hydrogen-bond donors (Lipinski definition) is 1. The van der Waals surface area contributed by atoms with Crippen molar-refractivity contribution in [2.24, 2.45) is 0 Å². The number of imidazole rings is 1. The molecule has 0 spiro atoms. The van der Waals surface area contributed by atoms with E-state index in [0.29, 0.717) is 18.1 Å². The van der Waals surface area contributed by atoms with E-state index in [4.69, 9.17) is 0 Å². The molecule has 19 heavy (non-hydrogen) atoms. The van der Waals surface area contributed by atoms with E-state index in [1.165, 1.54) is 0 Å². The highest BCUT2D eigenvalue weighted by Crippen LogP contribution is 2.21. The summed E-state index contributed by atoms with van der Waals surface area (Å²) in [6, 6.07) is 7.21. The summed E-state index contributed by atoms with van der Waals surface area (Å²) in [7, 11) is -3.63. The van der Waals surface area contributed by atoms with Crippen molar-refractivity contribution in [3.05, 3.63) is 39.9 Å². The fourth-order valence-electron chi connectivity index (χ4n) is 1.67. The molecule has 1 aromatic carbocycles. The third-order valence-electron chi connectivity index (χ3n) is 2.69. The van der Waals surface area contributed by atoms with Gasteiger partial charge in [-0.15, -0.1) is 0 Å². The molecule has 0 saturated heterocycles. The third kappa shape index (κ3) is 3.08. The van der Waals surface area contributed by atoms with E-state index >= 15 is 0 Å². The van der Waals surface area contributed by atoms with Crippen LogP contribution in [-0.4, -0.2) is 18.0 Å². The van der Waals surface area contributed by atoms with Crippen LogP contribution in [0.25, 0.3) is 0 Å². The third-order valence-corrected chi connectivity index (χ3v) is 4.86. The average Bonchev–Trinajstić information content (AvgIpc) is 2.74. The number of hydrogen-bond acceptors (Lipinski definition) is 3. The lowest BCUT2D eigenvalue weighted by molar-refractivity contribution is 0.598. The summed E-state index contributed by atoms with van der Waals surface area (Å²) in [5.74, 6) is 0.686. The van der Waals surface area contributed by atoms with Gasteiger partial charge in [0.25, 0.3) is 10.0 Å². The lowest BCUT2D eigenvalue weighted by Gasteiger charge is -2.07. The number of benzene rings is 1. The highest BCUT2D eigenvalue weighted by atomic mass is 127. The molecule has 0 bridgehead atoms.